The Morgan fingerprint density at radius 1 is 0.346 bits per heavy atom. The van der Waals surface area contributed by atoms with E-state index in [4.69, 9.17) is 8.83 Å². The summed E-state index contributed by atoms with van der Waals surface area (Å²) in [4.78, 5) is 2.40. The van der Waals surface area contributed by atoms with Gasteiger partial charge in [-0.05, 0) is 82.9 Å². The van der Waals surface area contributed by atoms with E-state index >= 15 is 0 Å². The summed E-state index contributed by atoms with van der Waals surface area (Å²) in [5, 5.41) is 6.90. The van der Waals surface area contributed by atoms with Crippen molar-refractivity contribution in [3.05, 3.63) is 176 Å². The third kappa shape index (κ3) is 4.51. The zero-order valence-corrected chi connectivity index (χ0v) is 28.7. The molecule has 3 nitrogen and oxygen atoms in total. The van der Waals surface area contributed by atoms with Gasteiger partial charge >= 0.3 is 0 Å². The number of thiophene rings is 1. The number of fused-ring (bicyclic) bond motifs is 9. The highest BCUT2D eigenvalue weighted by atomic mass is 32.1. The predicted molar refractivity (Wildman–Crippen MR) is 219 cm³/mol. The van der Waals surface area contributed by atoms with Crippen molar-refractivity contribution < 1.29 is 8.83 Å². The van der Waals surface area contributed by atoms with Crippen LogP contribution in [0.5, 0.6) is 0 Å². The number of hydrogen-bond acceptors (Lipinski definition) is 4. The lowest BCUT2D eigenvalue weighted by molar-refractivity contribution is 0.668. The van der Waals surface area contributed by atoms with Crippen molar-refractivity contribution in [2.75, 3.05) is 4.90 Å². The molecule has 0 fully saturated rings. The Hall–Kier alpha value is -6.62. The molecule has 0 aliphatic rings. The first-order valence-corrected chi connectivity index (χ1v) is 18.3. The number of anilines is 3. The molecule has 0 N–H and O–H groups in total. The summed E-state index contributed by atoms with van der Waals surface area (Å²) in [7, 11) is 0. The van der Waals surface area contributed by atoms with Crippen LogP contribution < -0.4 is 4.90 Å². The Kier molecular flexibility index (Phi) is 6.42. The SMILES string of the molecule is c1ccc(-c2ccc3oc4ccc(N(c5ccc6oc7ccccc7c6c5)c5cccc6c5sc5c(-c7ccccc7)cccc56)cc4c3c2)cc1. The molecule has 8 aromatic carbocycles. The summed E-state index contributed by atoms with van der Waals surface area (Å²) < 4.78 is 15.2. The maximum absolute atomic E-state index is 6.42. The molecule has 0 unspecified atom stereocenters. The van der Waals surface area contributed by atoms with Gasteiger partial charge in [-0.25, -0.2) is 0 Å². The number of para-hydroxylation sites is 1. The first-order valence-electron chi connectivity index (χ1n) is 17.5. The molecular formula is C48H29NO2S. The molecule has 0 aliphatic carbocycles. The lowest BCUT2D eigenvalue weighted by Crippen LogP contribution is -2.10. The van der Waals surface area contributed by atoms with Gasteiger partial charge in [0.2, 0.25) is 0 Å². The predicted octanol–water partition coefficient (Wildman–Crippen LogP) is 14.7. The summed E-state index contributed by atoms with van der Waals surface area (Å²) in [6.45, 7) is 0. The number of nitrogens with zero attached hydrogens (tertiary/aromatic N) is 1. The molecule has 0 saturated heterocycles. The molecule has 52 heavy (non-hydrogen) atoms. The van der Waals surface area contributed by atoms with Gasteiger partial charge in [-0.2, -0.15) is 0 Å². The normalized spacial score (nSPS) is 11.8. The molecule has 4 heteroatoms. The van der Waals surface area contributed by atoms with E-state index in [1.807, 2.05) is 23.5 Å². The van der Waals surface area contributed by atoms with Crippen LogP contribution in [-0.2, 0) is 0 Å². The van der Waals surface area contributed by atoms with Gasteiger partial charge in [-0.3, -0.25) is 0 Å². The van der Waals surface area contributed by atoms with Crippen molar-refractivity contribution in [3.63, 3.8) is 0 Å². The standard InChI is InChI=1S/C48H29NO2S/c1-3-11-30(12-4-1)32-21-24-44-39(27-32)41-29-34(23-26-46(41)51-44)49(33-22-25-45-40(28-33)36-15-7-8-20-43(36)50-45)42-19-10-18-38-37-17-9-16-35(47(37)52-48(38)42)31-13-5-2-6-14-31/h1-29H. The van der Waals surface area contributed by atoms with E-state index in [-0.39, 0.29) is 0 Å². The van der Waals surface area contributed by atoms with Gasteiger partial charge in [0.25, 0.3) is 0 Å². The van der Waals surface area contributed by atoms with Gasteiger partial charge in [-0.1, -0.05) is 115 Å². The second-order valence-corrected chi connectivity index (χ2v) is 14.3. The Morgan fingerprint density at radius 2 is 0.885 bits per heavy atom. The van der Waals surface area contributed by atoms with Crippen molar-refractivity contribution in [1.29, 1.82) is 0 Å². The molecule has 0 aliphatic heterocycles. The summed E-state index contributed by atoms with van der Waals surface area (Å²) in [5.41, 5.74) is 11.6. The second-order valence-electron chi connectivity index (χ2n) is 13.3. The molecule has 0 amide bonds. The fourth-order valence-electron chi connectivity index (χ4n) is 7.82. The van der Waals surface area contributed by atoms with Gasteiger partial charge in [0.05, 0.1) is 10.4 Å². The van der Waals surface area contributed by atoms with Gasteiger partial charge in [0.15, 0.2) is 0 Å². The molecule has 3 heterocycles. The van der Waals surface area contributed by atoms with E-state index in [0.717, 1.165) is 60.9 Å². The maximum Gasteiger partial charge on any atom is 0.135 e. The van der Waals surface area contributed by atoms with Gasteiger partial charge < -0.3 is 13.7 Å². The van der Waals surface area contributed by atoms with E-state index < -0.39 is 0 Å². The van der Waals surface area contributed by atoms with Crippen LogP contribution in [0.3, 0.4) is 0 Å². The molecule has 0 saturated carbocycles. The van der Waals surface area contributed by atoms with Crippen LogP contribution in [0.15, 0.2) is 185 Å². The minimum absolute atomic E-state index is 0.868. The Bertz CT molecular complexity index is 3130. The first kappa shape index (κ1) is 29.1. The topological polar surface area (TPSA) is 29.5 Å². The minimum atomic E-state index is 0.868. The fraction of sp³-hybridized carbons (Fsp3) is 0. The van der Waals surface area contributed by atoms with Gasteiger partial charge in [-0.15, -0.1) is 11.3 Å². The Morgan fingerprint density at radius 3 is 1.62 bits per heavy atom. The van der Waals surface area contributed by atoms with Crippen LogP contribution in [0.2, 0.25) is 0 Å². The average Bonchev–Trinajstić information content (AvgIpc) is 3.90. The van der Waals surface area contributed by atoms with Crippen LogP contribution >= 0.6 is 11.3 Å². The largest absolute Gasteiger partial charge is 0.456 e. The molecule has 244 valence electrons. The number of rotatable bonds is 5. The molecular weight excluding hydrogens is 655 g/mol. The van der Waals surface area contributed by atoms with Gasteiger partial charge in [0.1, 0.15) is 22.3 Å². The fourth-order valence-corrected chi connectivity index (χ4v) is 9.16. The molecule has 0 radical (unpaired) electrons. The smallest absolute Gasteiger partial charge is 0.135 e. The van der Waals surface area contributed by atoms with E-state index in [1.54, 1.807) is 0 Å². The maximum atomic E-state index is 6.42. The van der Waals surface area contributed by atoms with E-state index in [0.29, 0.717) is 0 Å². The molecule has 0 spiro atoms. The summed E-state index contributed by atoms with van der Waals surface area (Å²) >= 11 is 1.86. The van der Waals surface area contributed by atoms with E-state index in [1.165, 1.54) is 42.4 Å². The van der Waals surface area contributed by atoms with Gasteiger partial charge in [0, 0.05) is 48.4 Å². The quantitative estimate of drug-likeness (QED) is 0.181. The first-order chi connectivity index (χ1) is 25.8. The highest BCUT2D eigenvalue weighted by Gasteiger charge is 2.22. The zero-order chi connectivity index (χ0) is 34.2. The van der Waals surface area contributed by atoms with E-state index in [9.17, 15) is 0 Å². The number of furan rings is 2. The van der Waals surface area contributed by atoms with Crippen LogP contribution in [-0.4, -0.2) is 0 Å². The lowest BCUT2D eigenvalue weighted by atomic mass is 10.0. The molecule has 11 rings (SSSR count). The van der Waals surface area contributed by atoms with E-state index in [2.05, 4.69) is 169 Å². The van der Waals surface area contributed by atoms with Crippen molar-refractivity contribution in [2.45, 2.75) is 0 Å². The zero-order valence-electron chi connectivity index (χ0n) is 27.9. The van der Waals surface area contributed by atoms with Crippen LogP contribution in [0.1, 0.15) is 0 Å². The number of benzene rings is 8. The molecule has 3 aromatic heterocycles. The van der Waals surface area contributed by atoms with Crippen molar-refractivity contribution in [2.24, 2.45) is 0 Å². The highest BCUT2D eigenvalue weighted by molar-refractivity contribution is 7.27. The third-order valence-corrected chi connectivity index (χ3v) is 11.5. The monoisotopic (exact) mass is 683 g/mol. The Labute approximate surface area is 303 Å². The lowest BCUT2D eigenvalue weighted by Gasteiger charge is -2.26. The summed E-state index contributed by atoms with van der Waals surface area (Å²) in [5.74, 6) is 0. The van der Waals surface area contributed by atoms with Crippen LogP contribution in [0.4, 0.5) is 17.1 Å². The molecule has 0 bridgehead atoms. The van der Waals surface area contributed by atoms with Crippen LogP contribution in [0, 0.1) is 0 Å². The minimum Gasteiger partial charge on any atom is -0.456 e. The second kappa shape index (κ2) is 11.5. The molecule has 11 aromatic rings. The average molecular weight is 684 g/mol. The van der Waals surface area contributed by atoms with Crippen LogP contribution in [0.25, 0.3) is 86.3 Å². The summed E-state index contributed by atoms with van der Waals surface area (Å²) in [6, 6.07) is 62.5. The summed E-state index contributed by atoms with van der Waals surface area (Å²) in [6.07, 6.45) is 0. The van der Waals surface area contributed by atoms with Crippen molar-refractivity contribution in [3.8, 4) is 22.3 Å². The third-order valence-electron chi connectivity index (χ3n) is 10.3. The van der Waals surface area contributed by atoms with Crippen molar-refractivity contribution >= 4 is 92.4 Å². The molecule has 0 atom stereocenters. The Balaban J connectivity index is 1.17. The van der Waals surface area contributed by atoms with Crippen molar-refractivity contribution in [1.82, 2.24) is 0 Å². The highest BCUT2D eigenvalue weighted by Crippen LogP contribution is 2.48. The number of hydrogen-bond donors (Lipinski definition) is 0.